The van der Waals surface area contributed by atoms with E-state index < -0.39 is 0 Å². The van der Waals surface area contributed by atoms with Crippen LogP contribution in [0.3, 0.4) is 0 Å². The van der Waals surface area contributed by atoms with E-state index in [0.717, 1.165) is 39.1 Å². The number of morpholine rings is 1. The molecule has 4 nitrogen and oxygen atoms in total. The Hall–Kier alpha value is -0.610. The molecule has 2 rings (SSSR count). The molecule has 0 aromatic rings. The summed E-state index contributed by atoms with van der Waals surface area (Å²) >= 11 is 0. The quantitative estimate of drug-likeness (QED) is 0.737. The zero-order valence-corrected chi connectivity index (χ0v) is 11.0. The van der Waals surface area contributed by atoms with Crippen molar-refractivity contribution in [3.8, 4) is 0 Å². The van der Waals surface area contributed by atoms with E-state index in [9.17, 15) is 4.79 Å². The summed E-state index contributed by atoms with van der Waals surface area (Å²) in [4.78, 5) is 16.3. The van der Waals surface area contributed by atoms with Crippen LogP contribution < -0.4 is 0 Å². The first-order chi connectivity index (χ1) is 8.16. The van der Waals surface area contributed by atoms with Gasteiger partial charge in [0.2, 0.25) is 5.91 Å². The van der Waals surface area contributed by atoms with Crippen molar-refractivity contribution in [2.45, 2.75) is 31.8 Å². The van der Waals surface area contributed by atoms with E-state index in [2.05, 4.69) is 11.9 Å². The normalized spacial score (nSPS) is 27.3. The van der Waals surface area contributed by atoms with Crippen LogP contribution in [0.4, 0.5) is 0 Å². The Morgan fingerprint density at radius 3 is 2.76 bits per heavy atom. The molecule has 1 unspecified atom stereocenters. The fourth-order valence-electron chi connectivity index (χ4n) is 2.86. The lowest BCUT2D eigenvalue weighted by molar-refractivity contribution is -0.136. The highest BCUT2D eigenvalue weighted by Gasteiger charge is 2.27. The average Bonchev–Trinajstić information content (AvgIpc) is 2.81. The van der Waals surface area contributed by atoms with Gasteiger partial charge in [-0.15, -0.1) is 0 Å². The monoisotopic (exact) mass is 240 g/mol. The summed E-state index contributed by atoms with van der Waals surface area (Å²) in [5.41, 5.74) is 0. The second kappa shape index (κ2) is 5.83. The van der Waals surface area contributed by atoms with Crippen LogP contribution in [0.1, 0.15) is 25.7 Å². The van der Waals surface area contributed by atoms with Gasteiger partial charge in [-0.2, -0.15) is 0 Å². The van der Waals surface area contributed by atoms with E-state index in [4.69, 9.17) is 4.74 Å². The number of nitrogens with zero attached hydrogens (tertiary/aromatic N) is 2. The van der Waals surface area contributed by atoms with Gasteiger partial charge in [0.1, 0.15) is 0 Å². The highest BCUT2D eigenvalue weighted by Crippen LogP contribution is 2.26. The first-order valence-corrected chi connectivity index (χ1v) is 6.72. The van der Waals surface area contributed by atoms with Gasteiger partial charge in [-0.1, -0.05) is 12.8 Å². The fourth-order valence-corrected chi connectivity index (χ4v) is 2.86. The van der Waals surface area contributed by atoms with Crippen LogP contribution in [0, 0.1) is 5.92 Å². The predicted molar refractivity (Wildman–Crippen MR) is 66.8 cm³/mol. The van der Waals surface area contributed by atoms with Crippen molar-refractivity contribution >= 4 is 5.91 Å². The van der Waals surface area contributed by atoms with Crippen molar-refractivity contribution in [1.82, 2.24) is 9.80 Å². The molecule has 1 atom stereocenters. The Morgan fingerprint density at radius 2 is 2.12 bits per heavy atom. The van der Waals surface area contributed by atoms with Crippen molar-refractivity contribution in [2.75, 3.05) is 40.3 Å². The second-order valence-electron chi connectivity index (χ2n) is 5.46. The largest absolute Gasteiger partial charge is 0.374 e. The summed E-state index contributed by atoms with van der Waals surface area (Å²) in [7, 11) is 4.02. The van der Waals surface area contributed by atoms with E-state index in [1.807, 2.05) is 11.9 Å². The topological polar surface area (TPSA) is 32.8 Å². The van der Waals surface area contributed by atoms with Crippen LogP contribution in [-0.2, 0) is 9.53 Å². The molecule has 0 aromatic heterocycles. The summed E-state index contributed by atoms with van der Waals surface area (Å²) in [5, 5.41) is 0. The Morgan fingerprint density at radius 1 is 1.41 bits per heavy atom. The Labute approximate surface area is 104 Å². The number of carbonyl (C=O) groups excluding carboxylic acids is 1. The summed E-state index contributed by atoms with van der Waals surface area (Å²) in [6, 6.07) is 0. The maximum atomic E-state index is 12.2. The van der Waals surface area contributed by atoms with Crippen molar-refractivity contribution in [3.63, 3.8) is 0 Å². The van der Waals surface area contributed by atoms with Gasteiger partial charge in [-0.3, -0.25) is 4.79 Å². The van der Waals surface area contributed by atoms with Gasteiger partial charge in [0.15, 0.2) is 0 Å². The van der Waals surface area contributed by atoms with Gasteiger partial charge < -0.3 is 14.5 Å². The molecule has 0 aromatic carbocycles. The average molecular weight is 240 g/mol. The Kier molecular flexibility index (Phi) is 4.40. The van der Waals surface area contributed by atoms with Crippen LogP contribution in [0.15, 0.2) is 0 Å². The van der Waals surface area contributed by atoms with Crippen LogP contribution in [0.25, 0.3) is 0 Å². The molecule has 1 amide bonds. The summed E-state index contributed by atoms with van der Waals surface area (Å²) in [5.74, 6) is 0.598. The standard InChI is InChI=1S/C13H24N2O2/c1-14-7-8-17-12(9-14)10-15(2)13(16)11-5-3-4-6-11/h11-12H,3-10H2,1-2H3. The number of rotatable bonds is 3. The van der Waals surface area contributed by atoms with Crippen LogP contribution in [0.5, 0.6) is 0 Å². The number of carbonyl (C=O) groups is 1. The molecule has 17 heavy (non-hydrogen) atoms. The minimum absolute atomic E-state index is 0.184. The van der Waals surface area contributed by atoms with Crippen molar-refractivity contribution in [3.05, 3.63) is 0 Å². The Bertz CT molecular complexity index is 264. The molecule has 1 heterocycles. The van der Waals surface area contributed by atoms with E-state index in [-0.39, 0.29) is 12.0 Å². The van der Waals surface area contributed by atoms with E-state index in [1.54, 1.807) is 0 Å². The van der Waals surface area contributed by atoms with Crippen molar-refractivity contribution < 1.29 is 9.53 Å². The lowest BCUT2D eigenvalue weighted by Crippen LogP contribution is -2.47. The highest BCUT2D eigenvalue weighted by molar-refractivity contribution is 5.78. The van der Waals surface area contributed by atoms with Gasteiger partial charge >= 0.3 is 0 Å². The molecule has 0 radical (unpaired) electrons. The van der Waals surface area contributed by atoms with E-state index in [0.29, 0.717) is 5.91 Å². The van der Waals surface area contributed by atoms with Gasteiger partial charge in [0.25, 0.3) is 0 Å². The van der Waals surface area contributed by atoms with Crippen LogP contribution in [0.2, 0.25) is 0 Å². The molecule has 1 saturated carbocycles. The van der Waals surface area contributed by atoms with Gasteiger partial charge in [0.05, 0.1) is 12.7 Å². The number of ether oxygens (including phenoxy) is 1. The number of amides is 1. The van der Waals surface area contributed by atoms with Gasteiger partial charge in [-0.05, 0) is 19.9 Å². The summed E-state index contributed by atoms with van der Waals surface area (Å²) in [6.07, 6.45) is 4.77. The molecular weight excluding hydrogens is 216 g/mol. The maximum absolute atomic E-state index is 12.2. The summed E-state index contributed by atoms with van der Waals surface area (Å²) in [6.45, 7) is 3.45. The van der Waals surface area contributed by atoms with E-state index >= 15 is 0 Å². The second-order valence-corrected chi connectivity index (χ2v) is 5.46. The highest BCUT2D eigenvalue weighted by atomic mass is 16.5. The molecule has 1 aliphatic heterocycles. The number of hydrogen-bond acceptors (Lipinski definition) is 3. The number of likely N-dealkylation sites (N-methyl/N-ethyl adjacent to an activating group) is 2. The van der Waals surface area contributed by atoms with E-state index in [1.165, 1.54) is 12.8 Å². The molecular formula is C13H24N2O2. The lowest BCUT2D eigenvalue weighted by atomic mass is 10.1. The molecule has 0 spiro atoms. The minimum Gasteiger partial charge on any atom is -0.374 e. The van der Waals surface area contributed by atoms with Crippen LogP contribution >= 0.6 is 0 Å². The lowest BCUT2D eigenvalue weighted by Gasteiger charge is -2.33. The molecule has 2 fully saturated rings. The zero-order valence-electron chi connectivity index (χ0n) is 11.0. The molecule has 0 N–H and O–H groups in total. The molecule has 4 heteroatoms. The molecule has 1 saturated heterocycles. The first kappa shape index (κ1) is 12.8. The zero-order chi connectivity index (χ0) is 12.3. The SMILES string of the molecule is CN1CCOC(CN(C)C(=O)C2CCCC2)C1. The maximum Gasteiger partial charge on any atom is 0.225 e. The van der Waals surface area contributed by atoms with Gasteiger partial charge in [0, 0.05) is 32.6 Å². The third kappa shape index (κ3) is 3.42. The summed E-state index contributed by atoms with van der Waals surface area (Å²) < 4.78 is 5.70. The van der Waals surface area contributed by atoms with Gasteiger partial charge in [-0.25, -0.2) is 0 Å². The smallest absolute Gasteiger partial charge is 0.225 e. The molecule has 98 valence electrons. The third-order valence-electron chi connectivity index (χ3n) is 3.90. The Balaban J connectivity index is 1.79. The fraction of sp³-hybridized carbons (Fsp3) is 0.923. The van der Waals surface area contributed by atoms with Crippen LogP contribution in [-0.4, -0.2) is 62.1 Å². The molecule has 2 aliphatic rings. The molecule has 1 aliphatic carbocycles. The third-order valence-corrected chi connectivity index (χ3v) is 3.90. The van der Waals surface area contributed by atoms with Crippen molar-refractivity contribution in [2.24, 2.45) is 5.92 Å². The predicted octanol–water partition coefficient (Wildman–Crippen LogP) is 0.966. The minimum atomic E-state index is 0.184. The number of hydrogen-bond donors (Lipinski definition) is 0. The first-order valence-electron chi connectivity index (χ1n) is 6.72. The van der Waals surface area contributed by atoms with Crippen molar-refractivity contribution in [1.29, 1.82) is 0 Å². The molecule has 0 bridgehead atoms.